The summed E-state index contributed by atoms with van der Waals surface area (Å²) in [6, 6.07) is 10.5. The number of thiazole rings is 1. The van der Waals surface area contributed by atoms with Crippen LogP contribution in [0, 0.1) is 24.5 Å². The van der Waals surface area contributed by atoms with Gasteiger partial charge in [0.2, 0.25) is 11.8 Å². The summed E-state index contributed by atoms with van der Waals surface area (Å²) in [6.07, 6.45) is 7.11. The molecular weight excluding hydrogens is 470 g/mol. The van der Waals surface area contributed by atoms with E-state index in [9.17, 15) is 13.6 Å². The first-order valence-electron chi connectivity index (χ1n) is 11.6. The van der Waals surface area contributed by atoms with Crippen LogP contribution in [0.5, 0.6) is 0 Å². The highest BCUT2D eigenvalue weighted by Gasteiger charge is 2.26. The molecule has 9 heteroatoms. The monoisotopic (exact) mass is 494 g/mol. The van der Waals surface area contributed by atoms with E-state index in [1.165, 1.54) is 6.07 Å². The summed E-state index contributed by atoms with van der Waals surface area (Å²) >= 11 is 1.68. The van der Waals surface area contributed by atoms with Crippen LogP contribution in [0.3, 0.4) is 0 Å². The molecule has 1 aliphatic rings. The summed E-state index contributed by atoms with van der Waals surface area (Å²) in [5.74, 6) is -0.266. The van der Waals surface area contributed by atoms with E-state index in [1.54, 1.807) is 23.5 Å². The largest absolute Gasteiger partial charge is 0.426 e. The molecule has 1 saturated carbocycles. The zero-order chi connectivity index (χ0) is 24.4. The van der Waals surface area contributed by atoms with Gasteiger partial charge in [-0.3, -0.25) is 4.79 Å². The van der Waals surface area contributed by atoms with Crippen LogP contribution in [0.15, 0.2) is 53.1 Å². The Hall–Kier alpha value is -3.46. The van der Waals surface area contributed by atoms with Crippen molar-refractivity contribution in [2.75, 3.05) is 5.32 Å². The Labute approximate surface area is 205 Å². The van der Waals surface area contributed by atoms with Gasteiger partial charge in [0, 0.05) is 31.1 Å². The van der Waals surface area contributed by atoms with Gasteiger partial charge in [-0.15, -0.1) is 21.5 Å². The van der Waals surface area contributed by atoms with Gasteiger partial charge in [0.05, 0.1) is 9.88 Å². The Kier molecular flexibility index (Phi) is 6.68. The van der Waals surface area contributed by atoms with Crippen LogP contribution < -0.4 is 5.32 Å². The van der Waals surface area contributed by atoms with Crippen LogP contribution in [0.4, 0.5) is 14.5 Å². The van der Waals surface area contributed by atoms with Crippen molar-refractivity contribution in [2.24, 2.45) is 5.92 Å². The number of halogens is 2. The summed E-state index contributed by atoms with van der Waals surface area (Å²) < 4.78 is 33.2. The van der Waals surface area contributed by atoms with Crippen molar-refractivity contribution in [3.63, 3.8) is 0 Å². The molecule has 6 nitrogen and oxygen atoms in total. The molecule has 0 radical (unpaired) electrons. The molecule has 0 saturated heterocycles. The number of hydrogen-bond acceptors (Lipinski definition) is 6. The van der Waals surface area contributed by atoms with Crippen molar-refractivity contribution >= 4 is 22.9 Å². The van der Waals surface area contributed by atoms with Gasteiger partial charge in [0.25, 0.3) is 5.91 Å². The molecule has 5 rings (SSSR count). The van der Waals surface area contributed by atoms with Crippen molar-refractivity contribution in [3.05, 3.63) is 82.6 Å². The zero-order valence-electron chi connectivity index (χ0n) is 19.1. The standard InChI is InChI=1S/C26H24F2N4O2S/c1-15-31-32-23(34-15)13-16-5-7-18(8-6-16)26-29-14-22(35-26)17-9-11-19(12-10-17)30-25(33)24-20(27)3-2-4-21(24)28/h2-4,9-12,14,16,18H,5-8,13H2,1H3,(H,30,33). The number of nitrogens with zero attached hydrogens (tertiary/aromatic N) is 3. The first kappa shape index (κ1) is 23.3. The van der Waals surface area contributed by atoms with Crippen LogP contribution in [0.1, 0.15) is 58.7 Å². The minimum atomic E-state index is -0.893. The Bertz CT molecular complexity index is 1310. The van der Waals surface area contributed by atoms with E-state index in [4.69, 9.17) is 4.42 Å². The van der Waals surface area contributed by atoms with Crippen LogP contribution in [-0.2, 0) is 6.42 Å². The van der Waals surface area contributed by atoms with Crippen LogP contribution in [0.25, 0.3) is 10.4 Å². The zero-order valence-corrected chi connectivity index (χ0v) is 19.9. The third kappa shape index (κ3) is 5.30. The number of nitrogens with one attached hydrogen (secondary N) is 1. The van der Waals surface area contributed by atoms with Gasteiger partial charge >= 0.3 is 0 Å². The lowest BCUT2D eigenvalue weighted by atomic mass is 9.81. The van der Waals surface area contributed by atoms with E-state index in [0.717, 1.165) is 65.6 Å². The molecule has 2 aromatic carbocycles. The molecule has 2 aromatic heterocycles. The number of aromatic nitrogens is 3. The maximum absolute atomic E-state index is 13.8. The molecule has 180 valence electrons. The highest BCUT2D eigenvalue weighted by molar-refractivity contribution is 7.15. The minimum Gasteiger partial charge on any atom is -0.426 e. The third-order valence-corrected chi connectivity index (χ3v) is 7.58. The molecule has 1 fully saturated rings. The smallest absolute Gasteiger partial charge is 0.261 e. The molecular formula is C26H24F2N4O2S. The highest BCUT2D eigenvalue weighted by Crippen LogP contribution is 2.40. The SMILES string of the molecule is Cc1nnc(CC2CCC(c3ncc(-c4ccc(NC(=O)c5c(F)cccc5F)cc4)s3)CC2)o1. The predicted octanol–water partition coefficient (Wildman–Crippen LogP) is 6.55. The maximum atomic E-state index is 13.8. The summed E-state index contributed by atoms with van der Waals surface area (Å²) in [4.78, 5) is 18.0. The van der Waals surface area contributed by atoms with Gasteiger partial charge in [0.1, 0.15) is 17.2 Å². The predicted molar refractivity (Wildman–Crippen MR) is 129 cm³/mol. The van der Waals surface area contributed by atoms with Crippen molar-refractivity contribution in [2.45, 2.75) is 44.9 Å². The number of carbonyl (C=O) groups is 1. The quantitative estimate of drug-likeness (QED) is 0.329. The fraction of sp³-hybridized carbons (Fsp3) is 0.308. The van der Waals surface area contributed by atoms with Gasteiger partial charge in [-0.25, -0.2) is 13.8 Å². The van der Waals surface area contributed by atoms with Crippen LogP contribution in [0.2, 0.25) is 0 Å². The third-order valence-electron chi connectivity index (χ3n) is 6.37. The number of aryl methyl sites for hydroxylation is 1. The molecule has 1 amide bonds. The highest BCUT2D eigenvalue weighted by atomic mass is 32.1. The molecule has 2 heterocycles. The van der Waals surface area contributed by atoms with Crippen molar-refractivity contribution in [1.29, 1.82) is 0 Å². The number of carbonyl (C=O) groups excluding carboxylic acids is 1. The number of amides is 1. The number of benzene rings is 2. The normalized spacial score (nSPS) is 17.9. The van der Waals surface area contributed by atoms with Crippen molar-refractivity contribution < 1.29 is 18.0 Å². The second kappa shape index (κ2) is 10.0. The van der Waals surface area contributed by atoms with Crippen LogP contribution >= 0.6 is 11.3 Å². The Morgan fingerprint density at radius 2 is 1.77 bits per heavy atom. The molecule has 0 spiro atoms. The van der Waals surface area contributed by atoms with Gasteiger partial charge in [-0.1, -0.05) is 18.2 Å². The average molecular weight is 495 g/mol. The average Bonchev–Trinajstić information content (AvgIpc) is 3.49. The number of anilines is 1. The topological polar surface area (TPSA) is 80.9 Å². The second-order valence-corrected chi connectivity index (χ2v) is 9.89. The van der Waals surface area contributed by atoms with Gasteiger partial charge in [-0.05, 0) is 61.4 Å². The lowest BCUT2D eigenvalue weighted by molar-refractivity contribution is 0.101. The Balaban J connectivity index is 1.19. The molecule has 0 aliphatic heterocycles. The second-order valence-electron chi connectivity index (χ2n) is 8.83. The molecule has 1 N–H and O–H groups in total. The van der Waals surface area contributed by atoms with E-state index in [2.05, 4.69) is 20.5 Å². The summed E-state index contributed by atoms with van der Waals surface area (Å²) in [7, 11) is 0. The van der Waals surface area contributed by atoms with E-state index < -0.39 is 23.1 Å². The van der Waals surface area contributed by atoms with Gasteiger partial charge in [-0.2, -0.15) is 0 Å². The Morgan fingerprint density at radius 1 is 1.06 bits per heavy atom. The van der Waals surface area contributed by atoms with Crippen molar-refractivity contribution in [1.82, 2.24) is 15.2 Å². The summed E-state index contributed by atoms with van der Waals surface area (Å²) in [6.45, 7) is 1.81. The summed E-state index contributed by atoms with van der Waals surface area (Å²) in [5.41, 5.74) is 0.843. The molecule has 35 heavy (non-hydrogen) atoms. The van der Waals surface area contributed by atoms with Crippen LogP contribution in [-0.4, -0.2) is 21.1 Å². The minimum absolute atomic E-state index is 0.448. The van der Waals surface area contributed by atoms with E-state index in [1.807, 2.05) is 25.3 Å². The molecule has 0 unspecified atom stereocenters. The molecule has 0 atom stereocenters. The van der Waals surface area contributed by atoms with Gasteiger partial charge < -0.3 is 9.73 Å². The lowest BCUT2D eigenvalue weighted by Gasteiger charge is -2.26. The fourth-order valence-electron chi connectivity index (χ4n) is 4.52. The number of hydrogen-bond donors (Lipinski definition) is 1. The first-order chi connectivity index (χ1) is 17.0. The number of rotatable bonds is 6. The molecule has 0 bridgehead atoms. The molecule has 1 aliphatic carbocycles. The van der Waals surface area contributed by atoms with Gasteiger partial charge in [0.15, 0.2) is 0 Å². The van der Waals surface area contributed by atoms with Crippen molar-refractivity contribution in [3.8, 4) is 10.4 Å². The maximum Gasteiger partial charge on any atom is 0.261 e. The first-order valence-corrected chi connectivity index (χ1v) is 12.4. The Morgan fingerprint density at radius 3 is 2.43 bits per heavy atom. The van der Waals surface area contributed by atoms with E-state index in [-0.39, 0.29) is 0 Å². The molecule has 4 aromatic rings. The lowest BCUT2D eigenvalue weighted by Crippen LogP contribution is -2.15. The fourth-order valence-corrected chi connectivity index (χ4v) is 5.61. The van der Waals surface area contributed by atoms with E-state index >= 15 is 0 Å². The summed E-state index contributed by atoms with van der Waals surface area (Å²) in [5, 5.41) is 11.7. The van der Waals surface area contributed by atoms with E-state index in [0.29, 0.717) is 23.4 Å².